The quantitative estimate of drug-likeness (QED) is 0.177. The molecule has 1 unspecified atom stereocenters. The second-order valence-corrected chi connectivity index (χ2v) is 14.6. The number of aliphatic hydroxyl groups excluding tert-OH is 3. The minimum atomic E-state index is -0.294. The van der Waals surface area contributed by atoms with Gasteiger partial charge in [0.25, 0.3) is 0 Å². The van der Waals surface area contributed by atoms with Gasteiger partial charge in [-0.1, -0.05) is 124 Å². The molecule has 0 amide bonds. The van der Waals surface area contributed by atoms with Crippen molar-refractivity contribution in [2.75, 3.05) is 19.8 Å². The molecule has 3 rings (SSSR count). The van der Waals surface area contributed by atoms with Crippen LogP contribution in [0.15, 0.2) is 54.6 Å². The van der Waals surface area contributed by atoms with E-state index >= 15 is 0 Å². The van der Waals surface area contributed by atoms with Gasteiger partial charge in [-0.3, -0.25) is 0 Å². The van der Waals surface area contributed by atoms with E-state index in [0.29, 0.717) is 5.92 Å². The van der Waals surface area contributed by atoms with Gasteiger partial charge in [-0.15, -0.1) is 0 Å². The molecule has 3 nitrogen and oxygen atoms in total. The van der Waals surface area contributed by atoms with Gasteiger partial charge < -0.3 is 15.3 Å². The van der Waals surface area contributed by atoms with Crippen molar-refractivity contribution < 1.29 is 15.3 Å². The van der Waals surface area contributed by atoms with Gasteiger partial charge in [0, 0.05) is 22.2 Å². The minimum Gasteiger partial charge on any atom is -0.395 e. The molecule has 3 heteroatoms. The van der Waals surface area contributed by atoms with E-state index in [9.17, 15) is 15.3 Å². The highest BCUT2D eigenvalue weighted by Gasteiger charge is 2.28. The van der Waals surface area contributed by atoms with E-state index in [1.807, 2.05) is 0 Å². The molecule has 0 aliphatic heterocycles. The van der Waals surface area contributed by atoms with Gasteiger partial charge in [-0.25, -0.2) is 0 Å². The van der Waals surface area contributed by atoms with Gasteiger partial charge in [-0.05, 0) is 81.7 Å². The monoisotopic (exact) mass is 586 g/mol. The number of rotatable bonds is 14. The van der Waals surface area contributed by atoms with Crippen LogP contribution >= 0.6 is 0 Å². The second kappa shape index (κ2) is 14.1. The van der Waals surface area contributed by atoms with Crippen molar-refractivity contribution in [1.29, 1.82) is 0 Å². The Morgan fingerprint density at radius 1 is 0.512 bits per heavy atom. The van der Waals surface area contributed by atoms with Crippen LogP contribution in [0.25, 0.3) is 0 Å². The SMILES string of the molecule is CCc1cc(C(C)(C)CO)ccc1C(C)CC(c1ccc(C(C)(C)CO)cc1CC)c1ccc(C(C)(C)CO)cc1CC. The average molecular weight is 587 g/mol. The van der Waals surface area contributed by atoms with E-state index in [1.54, 1.807) is 0 Å². The summed E-state index contributed by atoms with van der Waals surface area (Å²) in [6, 6.07) is 20.5. The molecule has 236 valence electrons. The largest absolute Gasteiger partial charge is 0.395 e. The molecule has 43 heavy (non-hydrogen) atoms. The van der Waals surface area contributed by atoms with Crippen molar-refractivity contribution in [2.24, 2.45) is 0 Å². The van der Waals surface area contributed by atoms with Crippen molar-refractivity contribution in [3.8, 4) is 0 Å². The molecule has 0 radical (unpaired) electrons. The maximum absolute atomic E-state index is 10.1. The first kappa shape index (κ1) is 35.0. The van der Waals surface area contributed by atoms with Crippen LogP contribution in [0.1, 0.15) is 138 Å². The van der Waals surface area contributed by atoms with Crippen LogP contribution in [-0.4, -0.2) is 35.1 Å². The fourth-order valence-corrected chi connectivity index (χ4v) is 6.34. The zero-order valence-corrected chi connectivity index (χ0v) is 28.6. The Morgan fingerprint density at radius 3 is 1.12 bits per heavy atom. The van der Waals surface area contributed by atoms with Gasteiger partial charge in [0.1, 0.15) is 0 Å². The van der Waals surface area contributed by atoms with Crippen LogP contribution in [0.5, 0.6) is 0 Å². The number of aryl methyl sites for hydroxylation is 3. The molecule has 0 saturated heterocycles. The normalized spacial score (nSPS) is 13.5. The Labute approximate surface area is 262 Å². The molecular formula is C40H58O3. The summed E-state index contributed by atoms with van der Waals surface area (Å²) in [5.74, 6) is 0.526. The van der Waals surface area contributed by atoms with E-state index in [0.717, 1.165) is 25.7 Å². The summed E-state index contributed by atoms with van der Waals surface area (Å²) in [5, 5.41) is 30.2. The number of aliphatic hydroxyl groups is 3. The van der Waals surface area contributed by atoms with E-state index in [2.05, 4.69) is 124 Å². The smallest absolute Gasteiger partial charge is 0.0522 e. The van der Waals surface area contributed by atoms with Gasteiger partial charge in [0.2, 0.25) is 0 Å². The number of benzene rings is 3. The van der Waals surface area contributed by atoms with E-state index < -0.39 is 0 Å². The first-order valence-electron chi connectivity index (χ1n) is 16.4. The summed E-state index contributed by atoms with van der Waals surface area (Å²) in [4.78, 5) is 0. The molecule has 0 aliphatic carbocycles. The molecular weight excluding hydrogens is 528 g/mol. The minimum absolute atomic E-state index is 0.112. The highest BCUT2D eigenvalue weighted by molar-refractivity contribution is 5.47. The van der Waals surface area contributed by atoms with Gasteiger partial charge >= 0.3 is 0 Å². The predicted octanol–water partition coefficient (Wildman–Crippen LogP) is 8.51. The highest BCUT2D eigenvalue weighted by Crippen LogP contribution is 2.42. The number of hydrogen-bond acceptors (Lipinski definition) is 3. The second-order valence-electron chi connectivity index (χ2n) is 14.6. The summed E-state index contributed by atoms with van der Waals surface area (Å²) in [6.45, 7) is 22.0. The third-order valence-corrected chi connectivity index (χ3v) is 9.97. The fourth-order valence-electron chi connectivity index (χ4n) is 6.34. The summed E-state index contributed by atoms with van der Waals surface area (Å²) < 4.78 is 0. The van der Waals surface area contributed by atoms with Crippen LogP contribution < -0.4 is 0 Å². The maximum Gasteiger partial charge on any atom is 0.0522 e. The van der Waals surface area contributed by atoms with Gasteiger partial charge in [-0.2, -0.15) is 0 Å². The van der Waals surface area contributed by atoms with Gasteiger partial charge in [0.15, 0.2) is 0 Å². The van der Waals surface area contributed by atoms with Crippen molar-refractivity contribution in [2.45, 2.75) is 123 Å². The predicted molar refractivity (Wildman–Crippen MR) is 183 cm³/mol. The highest BCUT2D eigenvalue weighted by atomic mass is 16.3. The first-order chi connectivity index (χ1) is 20.2. The Hall–Kier alpha value is -2.46. The first-order valence-corrected chi connectivity index (χ1v) is 16.4. The molecule has 0 heterocycles. The van der Waals surface area contributed by atoms with E-state index in [-0.39, 0.29) is 42.0 Å². The van der Waals surface area contributed by atoms with Crippen molar-refractivity contribution >= 4 is 0 Å². The topological polar surface area (TPSA) is 60.7 Å². The molecule has 0 aliphatic rings. The van der Waals surface area contributed by atoms with Crippen molar-refractivity contribution in [1.82, 2.24) is 0 Å². The number of hydrogen-bond donors (Lipinski definition) is 3. The molecule has 0 aromatic heterocycles. The van der Waals surface area contributed by atoms with Crippen molar-refractivity contribution in [3.63, 3.8) is 0 Å². The Bertz CT molecular complexity index is 1300. The molecule has 0 saturated carbocycles. The van der Waals surface area contributed by atoms with Crippen molar-refractivity contribution in [3.05, 3.63) is 105 Å². The fraction of sp³-hybridized carbons (Fsp3) is 0.550. The molecule has 1 atom stereocenters. The standard InChI is InChI=1S/C40H58O3/c1-11-28-21-31(38(5,6)24-41)14-17-34(28)27(4)20-37(35-18-15-32(22-29(35)12-2)39(7,8)25-42)36-19-16-33(23-30(36)13-3)40(9,10)26-43/h14-19,21-23,27,37,41-43H,11-13,20,24-26H2,1-10H3. The zero-order chi connectivity index (χ0) is 32.2. The van der Waals surface area contributed by atoms with Crippen LogP contribution in [0.2, 0.25) is 0 Å². The summed E-state index contributed by atoms with van der Waals surface area (Å²) in [7, 11) is 0. The molecule has 0 fully saturated rings. The molecule has 0 bridgehead atoms. The lowest BCUT2D eigenvalue weighted by molar-refractivity contribution is 0.218. The van der Waals surface area contributed by atoms with Crippen LogP contribution in [-0.2, 0) is 35.5 Å². The molecule has 0 spiro atoms. The summed E-state index contributed by atoms with van der Waals surface area (Å²) in [5.41, 5.74) is 10.8. The third-order valence-electron chi connectivity index (χ3n) is 9.97. The Morgan fingerprint density at radius 2 is 0.814 bits per heavy atom. The van der Waals surface area contributed by atoms with E-state index in [1.165, 1.54) is 50.1 Å². The van der Waals surface area contributed by atoms with Crippen LogP contribution in [0.4, 0.5) is 0 Å². The van der Waals surface area contributed by atoms with Gasteiger partial charge in [0.05, 0.1) is 19.8 Å². The Kier molecular flexibility index (Phi) is 11.5. The summed E-state index contributed by atoms with van der Waals surface area (Å²) >= 11 is 0. The lowest BCUT2D eigenvalue weighted by Crippen LogP contribution is -2.23. The van der Waals surface area contributed by atoms with Crippen LogP contribution in [0, 0.1) is 0 Å². The van der Waals surface area contributed by atoms with E-state index in [4.69, 9.17) is 0 Å². The molecule has 3 N–H and O–H groups in total. The summed E-state index contributed by atoms with van der Waals surface area (Å²) in [6.07, 6.45) is 3.78. The molecule has 3 aromatic carbocycles. The lowest BCUT2D eigenvalue weighted by Gasteiger charge is -2.31. The third kappa shape index (κ3) is 7.62. The zero-order valence-electron chi connectivity index (χ0n) is 28.6. The Balaban J connectivity index is 2.20. The van der Waals surface area contributed by atoms with Crippen LogP contribution in [0.3, 0.4) is 0 Å². The average Bonchev–Trinajstić information content (AvgIpc) is 3.02. The molecule has 3 aromatic rings. The lowest BCUT2D eigenvalue weighted by atomic mass is 9.74. The maximum atomic E-state index is 10.1.